The van der Waals surface area contributed by atoms with Gasteiger partial charge >= 0.3 is 0 Å². The zero-order valence-electron chi connectivity index (χ0n) is 14.6. The molecule has 6 heteroatoms. The van der Waals surface area contributed by atoms with Crippen LogP contribution in [0, 0.1) is 22.8 Å². The van der Waals surface area contributed by atoms with Crippen molar-refractivity contribution in [2.75, 3.05) is 0 Å². The molecule has 0 unspecified atom stereocenters. The third kappa shape index (κ3) is 3.37. The van der Waals surface area contributed by atoms with E-state index in [1.807, 2.05) is 47.4 Å². The van der Waals surface area contributed by atoms with E-state index >= 15 is 0 Å². The van der Waals surface area contributed by atoms with Crippen molar-refractivity contribution in [3.05, 3.63) is 59.7 Å². The van der Waals surface area contributed by atoms with Gasteiger partial charge in [-0.15, -0.1) is 0 Å². The van der Waals surface area contributed by atoms with Crippen LogP contribution in [0.1, 0.15) is 35.2 Å². The molecule has 27 heavy (non-hydrogen) atoms. The number of fused-ring (bicyclic) bond motifs is 2. The molecule has 2 aliphatic heterocycles. The molecule has 2 bridgehead atoms. The molecule has 0 spiro atoms. The second kappa shape index (κ2) is 7.34. The molecule has 2 aliphatic rings. The summed E-state index contributed by atoms with van der Waals surface area (Å²) >= 11 is 1.51. The molecule has 2 aromatic carbocycles. The summed E-state index contributed by atoms with van der Waals surface area (Å²) in [5.41, 5.74) is 1.25. The number of hydrogen-bond acceptors (Lipinski definition) is 5. The number of nitrogens with one attached hydrogen (secondary N) is 1. The lowest BCUT2D eigenvalue weighted by Crippen LogP contribution is -2.43. The molecule has 0 aliphatic carbocycles. The summed E-state index contributed by atoms with van der Waals surface area (Å²) in [4.78, 5) is 16.3. The fourth-order valence-corrected chi connectivity index (χ4v) is 4.90. The highest BCUT2D eigenvalue weighted by atomic mass is 32.2. The number of rotatable bonds is 4. The molecule has 2 aromatic rings. The summed E-state index contributed by atoms with van der Waals surface area (Å²) < 4.78 is 0. The molecule has 2 saturated heterocycles. The maximum atomic E-state index is 12.6. The minimum absolute atomic E-state index is 0.0486. The quantitative estimate of drug-likeness (QED) is 0.828. The van der Waals surface area contributed by atoms with Crippen LogP contribution in [0.25, 0.3) is 0 Å². The fraction of sp³-hybridized carbons (Fsp3) is 0.286. The van der Waals surface area contributed by atoms with Crippen LogP contribution in [0.3, 0.4) is 0 Å². The first kappa shape index (κ1) is 17.5. The number of carbonyl (C=O) groups is 1. The topological polar surface area (TPSA) is 79.9 Å². The van der Waals surface area contributed by atoms with Gasteiger partial charge in [0.25, 0.3) is 5.91 Å². The third-order valence-electron chi connectivity index (χ3n) is 5.32. The van der Waals surface area contributed by atoms with Crippen molar-refractivity contribution in [1.82, 2.24) is 10.2 Å². The van der Waals surface area contributed by atoms with E-state index in [0.29, 0.717) is 11.1 Å². The summed E-state index contributed by atoms with van der Waals surface area (Å²) in [6.07, 6.45) is 5.13. The normalized spacial score (nSPS) is 22.9. The molecular weight excluding hydrogens is 356 g/mol. The Morgan fingerprint density at radius 2 is 1.89 bits per heavy atom. The lowest BCUT2D eigenvalue weighted by molar-refractivity contribution is 0.0928. The highest BCUT2D eigenvalue weighted by Crippen LogP contribution is 2.37. The Bertz CT molecular complexity index is 944. The van der Waals surface area contributed by atoms with E-state index in [0.717, 1.165) is 29.1 Å². The summed E-state index contributed by atoms with van der Waals surface area (Å²) in [6.45, 7) is 0. The molecule has 5 nitrogen and oxygen atoms in total. The van der Waals surface area contributed by atoms with Crippen molar-refractivity contribution in [3.63, 3.8) is 0 Å². The van der Waals surface area contributed by atoms with E-state index in [-0.39, 0.29) is 24.0 Å². The average Bonchev–Trinajstić information content (AvgIpc) is 3.25. The van der Waals surface area contributed by atoms with Crippen LogP contribution >= 0.6 is 11.8 Å². The zero-order valence-corrected chi connectivity index (χ0v) is 15.4. The van der Waals surface area contributed by atoms with Gasteiger partial charge in [-0.1, -0.05) is 23.9 Å². The van der Waals surface area contributed by atoms with Crippen LogP contribution < -0.4 is 5.32 Å². The molecule has 1 N–H and O–H groups in total. The highest BCUT2D eigenvalue weighted by Gasteiger charge is 2.46. The molecule has 2 fully saturated rings. The fourth-order valence-electron chi connectivity index (χ4n) is 4.00. The number of benzene rings is 2. The lowest BCUT2D eigenvalue weighted by atomic mass is 9.95. The molecule has 134 valence electrons. The van der Waals surface area contributed by atoms with E-state index in [1.54, 1.807) is 6.07 Å². The Kier molecular flexibility index (Phi) is 4.75. The number of hydrogen-bond donors (Lipinski definition) is 1. The van der Waals surface area contributed by atoms with Gasteiger partial charge in [0.1, 0.15) is 6.07 Å². The van der Waals surface area contributed by atoms with E-state index < -0.39 is 0 Å². The molecule has 1 amide bonds. The summed E-state index contributed by atoms with van der Waals surface area (Å²) in [5.74, 6) is -0.0978. The predicted molar refractivity (Wildman–Crippen MR) is 102 cm³/mol. The predicted octanol–water partition coefficient (Wildman–Crippen LogP) is 3.53. The van der Waals surface area contributed by atoms with Crippen molar-refractivity contribution in [2.45, 2.75) is 47.2 Å². The summed E-state index contributed by atoms with van der Waals surface area (Å²) in [5, 5.41) is 21.5. The monoisotopic (exact) mass is 374 g/mol. The van der Waals surface area contributed by atoms with Crippen molar-refractivity contribution >= 4 is 17.7 Å². The van der Waals surface area contributed by atoms with Gasteiger partial charge in [0.2, 0.25) is 0 Å². The first-order valence-electron chi connectivity index (χ1n) is 8.95. The molecule has 0 aromatic heterocycles. The molecule has 4 rings (SSSR count). The van der Waals surface area contributed by atoms with Crippen molar-refractivity contribution in [3.8, 4) is 12.3 Å². The smallest absolute Gasteiger partial charge is 0.251 e. The zero-order chi connectivity index (χ0) is 18.8. The van der Waals surface area contributed by atoms with Gasteiger partial charge in [0.15, 0.2) is 6.19 Å². The Labute approximate surface area is 162 Å². The van der Waals surface area contributed by atoms with Gasteiger partial charge < -0.3 is 10.2 Å². The van der Waals surface area contributed by atoms with E-state index in [2.05, 4.69) is 17.6 Å². The number of nitriles is 2. The number of nitrogens with zero attached hydrogens (tertiary/aromatic N) is 3. The SMILES string of the molecule is N#Cc1ccccc1Sc1ccc(C(=O)N[C@@H]2C[C@@H]3CC[C@H]2N3C#N)cc1. The summed E-state index contributed by atoms with van der Waals surface area (Å²) in [6, 6.07) is 17.5. The average molecular weight is 374 g/mol. The maximum absolute atomic E-state index is 12.6. The number of carbonyl (C=O) groups excluding carboxylic acids is 1. The Morgan fingerprint density at radius 1 is 1.11 bits per heavy atom. The Morgan fingerprint density at radius 3 is 2.59 bits per heavy atom. The minimum Gasteiger partial charge on any atom is -0.347 e. The largest absolute Gasteiger partial charge is 0.347 e. The van der Waals surface area contributed by atoms with E-state index in [9.17, 15) is 15.3 Å². The highest BCUT2D eigenvalue weighted by molar-refractivity contribution is 7.99. The van der Waals surface area contributed by atoms with E-state index in [4.69, 9.17) is 0 Å². The molecule has 0 radical (unpaired) electrons. The summed E-state index contributed by atoms with van der Waals surface area (Å²) in [7, 11) is 0. The minimum atomic E-state index is -0.0978. The van der Waals surface area contributed by atoms with Gasteiger partial charge in [-0.25, -0.2) is 0 Å². The molecule has 2 heterocycles. The molecular formula is C21H18N4OS. The lowest BCUT2D eigenvalue weighted by Gasteiger charge is -2.21. The Hall–Kier alpha value is -2.96. The first-order valence-corrected chi connectivity index (χ1v) is 9.77. The van der Waals surface area contributed by atoms with Gasteiger partial charge in [-0.3, -0.25) is 4.79 Å². The van der Waals surface area contributed by atoms with E-state index in [1.165, 1.54) is 11.8 Å². The Balaban J connectivity index is 1.41. The van der Waals surface area contributed by atoms with Crippen LogP contribution in [-0.4, -0.2) is 28.9 Å². The van der Waals surface area contributed by atoms with Crippen LogP contribution in [0.4, 0.5) is 0 Å². The van der Waals surface area contributed by atoms with Crippen molar-refractivity contribution in [2.24, 2.45) is 0 Å². The van der Waals surface area contributed by atoms with Gasteiger partial charge in [-0.2, -0.15) is 10.5 Å². The number of amides is 1. The van der Waals surface area contributed by atoms with Crippen LogP contribution in [0.5, 0.6) is 0 Å². The second-order valence-electron chi connectivity index (χ2n) is 6.86. The van der Waals surface area contributed by atoms with Gasteiger partial charge in [-0.05, 0) is 55.7 Å². The van der Waals surface area contributed by atoms with Crippen molar-refractivity contribution in [1.29, 1.82) is 10.5 Å². The van der Waals surface area contributed by atoms with Crippen LogP contribution in [-0.2, 0) is 0 Å². The molecule has 3 atom stereocenters. The molecule has 0 saturated carbocycles. The van der Waals surface area contributed by atoms with Crippen LogP contribution in [0.15, 0.2) is 58.3 Å². The first-order chi connectivity index (χ1) is 13.2. The maximum Gasteiger partial charge on any atom is 0.251 e. The van der Waals surface area contributed by atoms with Crippen LogP contribution in [0.2, 0.25) is 0 Å². The van der Waals surface area contributed by atoms with Gasteiger partial charge in [0, 0.05) is 21.4 Å². The third-order valence-corrected chi connectivity index (χ3v) is 6.40. The second-order valence-corrected chi connectivity index (χ2v) is 7.97. The standard InChI is InChI=1S/C21H18N4OS/c22-12-15-3-1-2-4-20(15)27-17-8-5-14(6-9-17)21(26)24-18-11-16-7-10-19(18)25(16)13-23/h1-6,8-9,16,18-19H,7,10-11H2,(H,24,26)/t16-,18+,19+/m0/s1. The van der Waals surface area contributed by atoms with Gasteiger partial charge in [0.05, 0.1) is 17.6 Å². The van der Waals surface area contributed by atoms with Crippen molar-refractivity contribution < 1.29 is 4.79 Å².